The lowest BCUT2D eigenvalue weighted by Gasteiger charge is -2.35. The molecule has 1 atom stereocenters. The molecule has 4 nitrogen and oxygen atoms in total. The van der Waals surface area contributed by atoms with Gasteiger partial charge in [-0.25, -0.2) is 0 Å². The second kappa shape index (κ2) is 5.83. The molecule has 2 rings (SSSR count). The summed E-state index contributed by atoms with van der Waals surface area (Å²) in [4.78, 5) is 12.0. The van der Waals surface area contributed by atoms with Crippen LogP contribution in [0.3, 0.4) is 0 Å². The minimum Gasteiger partial charge on any atom is -0.379 e. The van der Waals surface area contributed by atoms with Crippen LogP contribution in [0.2, 0.25) is 0 Å². The third-order valence-electron chi connectivity index (χ3n) is 4.18. The summed E-state index contributed by atoms with van der Waals surface area (Å²) in [5.41, 5.74) is 5.96. The van der Waals surface area contributed by atoms with Gasteiger partial charge in [0, 0.05) is 13.0 Å². The Morgan fingerprint density at radius 1 is 1.35 bits per heavy atom. The first-order chi connectivity index (χ1) is 8.24. The van der Waals surface area contributed by atoms with Crippen molar-refractivity contribution in [1.29, 1.82) is 0 Å². The number of carbonyl (C=O) groups is 1. The molecule has 1 heterocycles. The summed E-state index contributed by atoms with van der Waals surface area (Å²) in [6.07, 6.45) is 7.49. The highest BCUT2D eigenvalue weighted by Crippen LogP contribution is 2.38. The lowest BCUT2D eigenvalue weighted by molar-refractivity contribution is -0.124. The van der Waals surface area contributed by atoms with Gasteiger partial charge in [-0.05, 0) is 31.2 Å². The maximum absolute atomic E-state index is 12.0. The smallest absolute Gasteiger partial charge is 0.220 e. The predicted molar refractivity (Wildman–Crippen MR) is 66.6 cm³/mol. The fourth-order valence-corrected chi connectivity index (χ4v) is 3.02. The maximum Gasteiger partial charge on any atom is 0.220 e. The van der Waals surface area contributed by atoms with Gasteiger partial charge in [0.25, 0.3) is 0 Å². The summed E-state index contributed by atoms with van der Waals surface area (Å²) < 4.78 is 5.26. The highest BCUT2D eigenvalue weighted by atomic mass is 16.5. The van der Waals surface area contributed by atoms with Gasteiger partial charge in [0.05, 0.1) is 12.6 Å². The van der Waals surface area contributed by atoms with Gasteiger partial charge >= 0.3 is 0 Å². The Hall–Kier alpha value is -0.610. The monoisotopic (exact) mass is 240 g/mol. The average molecular weight is 240 g/mol. The molecule has 0 radical (unpaired) electrons. The molecule has 0 aromatic carbocycles. The normalized spacial score (nSPS) is 27.9. The molecule has 2 fully saturated rings. The molecule has 1 aliphatic heterocycles. The van der Waals surface area contributed by atoms with Crippen molar-refractivity contribution in [2.45, 2.75) is 51.0 Å². The van der Waals surface area contributed by atoms with E-state index in [1.807, 2.05) is 0 Å². The van der Waals surface area contributed by atoms with Crippen LogP contribution in [0.5, 0.6) is 0 Å². The molecule has 1 amide bonds. The number of nitrogens with one attached hydrogen (secondary N) is 1. The van der Waals surface area contributed by atoms with Crippen LogP contribution in [0, 0.1) is 5.41 Å². The number of ether oxygens (including phenoxy) is 1. The number of amides is 1. The summed E-state index contributed by atoms with van der Waals surface area (Å²) in [6, 6.07) is 0.223. The third kappa shape index (κ3) is 3.42. The molecule has 2 aliphatic rings. The van der Waals surface area contributed by atoms with Crippen molar-refractivity contribution in [3.63, 3.8) is 0 Å². The fourth-order valence-electron chi connectivity index (χ4n) is 3.02. The fraction of sp³-hybridized carbons (Fsp3) is 0.923. The Morgan fingerprint density at radius 3 is 2.71 bits per heavy atom. The van der Waals surface area contributed by atoms with Crippen LogP contribution in [-0.4, -0.2) is 31.7 Å². The summed E-state index contributed by atoms with van der Waals surface area (Å²) in [5, 5.41) is 3.07. The Labute approximate surface area is 103 Å². The van der Waals surface area contributed by atoms with Crippen molar-refractivity contribution in [2.24, 2.45) is 11.1 Å². The van der Waals surface area contributed by atoms with Gasteiger partial charge in [0.1, 0.15) is 0 Å². The van der Waals surface area contributed by atoms with Gasteiger partial charge in [-0.2, -0.15) is 0 Å². The van der Waals surface area contributed by atoms with E-state index in [-0.39, 0.29) is 17.4 Å². The lowest BCUT2D eigenvalue weighted by Crippen LogP contribution is -2.42. The molecule has 1 saturated heterocycles. The van der Waals surface area contributed by atoms with E-state index in [1.165, 1.54) is 19.3 Å². The van der Waals surface area contributed by atoms with Crippen LogP contribution in [-0.2, 0) is 9.53 Å². The van der Waals surface area contributed by atoms with Crippen LogP contribution in [0.4, 0.5) is 0 Å². The summed E-state index contributed by atoms with van der Waals surface area (Å²) >= 11 is 0. The quantitative estimate of drug-likeness (QED) is 0.776. The molecular formula is C13H24N2O2. The lowest BCUT2D eigenvalue weighted by atomic mass is 9.71. The van der Waals surface area contributed by atoms with Gasteiger partial charge in [-0.15, -0.1) is 0 Å². The zero-order valence-electron chi connectivity index (χ0n) is 10.5. The van der Waals surface area contributed by atoms with Crippen molar-refractivity contribution in [2.75, 3.05) is 19.8 Å². The number of hydrogen-bond donors (Lipinski definition) is 2. The van der Waals surface area contributed by atoms with Crippen molar-refractivity contribution in [1.82, 2.24) is 5.32 Å². The van der Waals surface area contributed by atoms with E-state index in [4.69, 9.17) is 10.5 Å². The largest absolute Gasteiger partial charge is 0.379 e. The van der Waals surface area contributed by atoms with E-state index < -0.39 is 0 Å². The van der Waals surface area contributed by atoms with Gasteiger partial charge in [-0.3, -0.25) is 4.79 Å². The third-order valence-corrected chi connectivity index (χ3v) is 4.18. The molecule has 0 aromatic rings. The molecule has 1 aliphatic carbocycles. The second-order valence-electron chi connectivity index (χ2n) is 5.57. The van der Waals surface area contributed by atoms with Gasteiger partial charge in [0.15, 0.2) is 0 Å². The molecule has 4 heteroatoms. The highest BCUT2D eigenvalue weighted by molar-refractivity contribution is 5.77. The van der Waals surface area contributed by atoms with E-state index in [2.05, 4.69) is 5.32 Å². The van der Waals surface area contributed by atoms with Crippen LogP contribution in [0.1, 0.15) is 44.9 Å². The molecule has 98 valence electrons. The first-order valence-electron chi connectivity index (χ1n) is 6.81. The van der Waals surface area contributed by atoms with Gasteiger partial charge < -0.3 is 15.8 Å². The first kappa shape index (κ1) is 12.8. The van der Waals surface area contributed by atoms with E-state index in [0.717, 1.165) is 25.9 Å². The van der Waals surface area contributed by atoms with E-state index in [9.17, 15) is 4.79 Å². The van der Waals surface area contributed by atoms with Crippen molar-refractivity contribution in [3.05, 3.63) is 0 Å². The van der Waals surface area contributed by atoms with Crippen molar-refractivity contribution >= 4 is 5.91 Å². The number of nitrogens with two attached hydrogens (primary N) is 1. The first-order valence-corrected chi connectivity index (χ1v) is 6.81. The second-order valence-corrected chi connectivity index (χ2v) is 5.57. The highest BCUT2D eigenvalue weighted by Gasteiger charge is 2.33. The van der Waals surface area contributed by atoms with Crippen LogP contribution in [0.15, 0.2) is 0 Å². The van der Waals surface area contributed by atoms with E-state index in [1.54, 1.807) is 0 Å². The van der Waals surface area contributed by atoms with Gasteiger partial charge in [-0.1, -0.05) is 19.3 Å². The minimum atomic E-state index is 0.0712. The maximum atomic E-state index is 12.0. The molecule has 0 spiro atoms. The van der Waals surface area contributed by atoms with E-state index in [0.29, 0.717) is 19.6 Å². The molecule has 1 unspecified atom stereocenters. The Bertz CT molecular complexity index is 256. The Morgan fingerprint density at radius 2 is 2.12 bits per heavy atom. The number of hydrogen-bond acceptors (Lipinski definition) is 3. The molecular weight excluding hydrogens is 216 g/mol. The topological polar surface area (TPSA) is 64.4 Å². The van der Waals surface area contributed by atoms with Crippen molar-refractivity contribution in [3.8, 4) is 0 Å². The summed E-state index contributed by atoms with van der Waals surface area (Å²) in [7, 11) is 0. The standard InChI is InChI=1S/C13H24N2O2/c14-10-13(5-2-1-3-6-13)8-12(16)15-11-4-7-17-9-11/h11H,1-10,14H2,(H,15,16). The molecule has 0 aromatic heterocycles. The van der Waals surface area contributed by atoms with Crippen LogP contribution < -0.4 is 11.1 Å². The van der Waals surface area contributed by atoms with Crippen molar-refractivity contribution < 1.29 is 9.53 Å². The molecule has 0 bridgehead atoms. The average Bonchev–Trinajstić information content (AvgIpc) is 2.83. The predicted octanol–water partition coefficient (Wildman–Crippen LogP) is 1.19. The minimum absolute atomic E-state index is 0.0712. The summed E-state index contributed by atoms with van der Waals surface area (Å²) in [6.45, 7) is 2.08. The molecule has 3 N–H and O–H groups in total. The Kier molecular flexibility index (Phi) is 4.40. The van der Waals surface area contributed by atoms with Crippen LogP contribution in [0.25, 0.3) is 0 Å². The summed E-state index contributed by atoms with van der Waals surface area (Å²) in [5.74, 6) is 0.160. The Balaban J connectivity index is 1.82. The number of carbonyl (C=O) groups excluding carboxylic acids is 1. The zero-order chi connectivity index (χ0) is 12.1. The molecule has 1 saturated carbocycles. The van der Waals surface area contributed by atoms with Gasteiger partial charge in [0.2, 0.25) is 5.91 Å². The number of rotatable bonds is 4. The zero-order valence-corrected chi connectivity index (χ0v) is 10.5. The van der Waals surface area contributed by atoms with Crippen LogP contribution >= 0.6 is 0 Å². The SMILES string of the molecule is NCC1(CC(=O)NC2CCOC2)CCCCC1. The van der Waals surface area contributed by atoms with E-state index >= 15 is 0 Å². The molecule has 17 heavy (non-hydrogen) atoms.